The van der Waals surface area contributed by atoms with Gasteiger partial charge in [-0.15, -0.1) is 0 Å². The van der Waals surface area contributed by atoms with Crippen molar-refractivity contribution in [1.82, 2.24) is 0 Å². The van der Waals surface area contributed by atoms with Gasteiger partial charge in [-0.3, -0.25) is 0 Å². The molecule has 0 aromatic heterocycles. The molecular formula is C29H24. The molecule has 0 fully saturated rings. The van der Waals surface area contributed by atoms with Crippen LogP contribution in [0.25, 0.3) is 21.5 Å². The average Bonchev–Trinajstić information content (AvgIpc) is 2.77. The maximum atomic E-state index is 2.27. The molecule has 0 spiro atoms. The molecular weight excluding hydrogens is 348 g/mol. The van der Waals surface area contributed by atoms with Crippen LogP contribution < -0.4 is 0 Å². The lowest BCUT2D eigenvalue weighted by molar-refractivity contribution is 0.973. The maximum Gasteiger partial charge on any atom is 0.0357 e. The van der Waals surface area contributed by atoms with E-state index in [0.717, 1.165) is 0 Å². The summed E-state index contributed by atoms with van der Waals surface area (Å²) in [6.45, 7) is 4.50. The summed E-state index contributed by atoms with van der Waals surface area (Å²) < 4.78 is 0. The highest BCUT2D eigenvalue weighted by atomic mass is 14.3. The third kappa shape index (κ3) is 3.02. The Kier molecular flexibility index (Phi) is 4.41. The van der Waals surface area contributed by atoms with Crippen molar-refractivity contribution < 1.29 is 0 Å². The molecule has 0 unspecified atom stereocenters. The Balaban J connectivity index is 1.92. The summed E-state index contributed by atoms with van der Waals surface area (Å²) in [5, 5.41) is 5.28. The van der Waals surface area contributed by atoms with E-state index in [0.29, 0.717) is 0 Å². The molecule has 5 aromatic carbocycles. The second-order valence-corrected chi connectivity index (χ2v) is 7.88. The molecule has 0 saturated carbocycles. The van der Waals surface area contributed by atoms with E-state index in [1.807, 2.05) is 0 Å². The molecule has 0 aliphatic carbocycles. The largest absolute Gasteiger partial charge is 0.0622 e. The van der Waals surface area contributed by atoms with Gasteiger partial charge in [0.2, 0.25) is 0 Å². The molecule has 140 valence electrons. The Bertz CT molecular complexity index is 1230. The number of hydrogen-bond donors (Lipinski definition) is 0. The summed E-state index contributed by atoms with van der Waals surface area (Å²) in [5.74, 6) is 0.188. The van der Waals surface area contributed by atoms with E-state index in [-0.39, 0.29) is 5.92 Å². The van der Waals surface area contributed by atoms with Gasteiger partial charge in [-0.05, 0) is 63.2 Å². The summed E-state index contributed by atoms with van der Waals surface area (Å²) in [7, 11) is 0. The van der Waals surface area contributed by atoms with Gasteiger partial charge < -0.3 is 0 Å². The summed E-state index contributed by atoms with van der Waals surface area (Å²) in [6.07, 6.45) is 0. The molecule has 0 aliphatic heterocycles. The van der Waals surface area contributed by atoms with Gasteiger partial charge in [0.05, 0.1) is 0 Å². The lowest BCUT2D eigenvalue weighted by Crippen LogP contribution is -2.09. The van der Waals surface area contributed by atoms with Gasteiger partial charge >= 0.3 is 0 Å². The van der Waals surface area contributed by atoms with Crippen molar-refractivity contribution in [3.05, 3.63) is 131 Å². The first-order valence-electron chi connectivity index (χ1n) is 10.3. The summed E-state index contributed by atoms with van der Waals surface area (Å²) in [6, 6.07) is 37.5. The van der Waals surface area contributed by atoms with Crippen LogP contribution in [0.15, 0.2) is 103 Å². The maximum absolute atomic E-state index is 2.27. The van der Waals surface area contributed by atoms with Gasteiger partial charge in [-0.2, -0.15) is 0 Å². The van der Waals surface area contributed by atoms with Gasteiger partial charge in [0.25, 0.3) is 0 Å². The minimum absolute atomic E-state index is 0.188. The van der Waals surface area contributed by atoms with Gasteiger partial charge in [0.1, 0.15) is 0 Å². The zero-order chi connectivity index (χ0) is 19.8. The van der Waals surface area contributed by atoms with Crippen molar-refractivity contribution in [3.63, 3.8) is 0 Å². The molecule has 0 N–H and O–H groups in total. The first kappa shape index (κ1) is 17.7. The Labute approximate surface area is 172 Å². The smallest absolute Gasteiger partial charge is 0.0357 e. The third-order valence-corrected chi connectivity index (χ3v) is 6.09. The van der Waals surface area contributed by atoms with E-state index in [4.69, 9.17) is 0 Å². The topological polar surface area (TPSA) is 0 Å². The van der Waals surface area contributed by atoms with Crippen LogP contribution >= 0.6 is 0 Å². The summed E-state index contributed by atoms with van der Waals surface area (Å²) in [4.78, 5) is 0. The molecule has 0 aliphatic rings. The second-order valence-electron chi connectivity index (χ2n) is 7.88. The predicted molar refractivity (Wildman–Crippen MR) is 125 cm³/mol. The highest BCUT2D eigenvalue weighted by Crippen LogP contribution is 2.42. The van der Waals surface area contributed by atoms with E-state index in [1.54, 1.807) is 0 Å². The Hall–Kier alpha value is -3.38. The van der Waals surface area contributed by atoms with Crippen molar-refractivity contribution in [3.8, 4) is 0 Å². The van der Waals surface area contributed by atoms with Gasteiger partial charge in [0, 0.05) is 5.92 Å². The molecule has 0 saturated heterocycles. The van der Waals surface area contributed by atoms with Gasteiger partial charge in [-0.1, -0.05) is 103 Å². The molecule has 5 rings (SSSR count). The van der Waals surface area contributed by atoms with Crippen LogP contribution in [0.2, 0.25) is 0 Å². The number of aryl methyl sites for hydroxylation is 2. The van der Waals surface area contributed by atoms with E-state index < -0.39 is 0 Å². The normalized spacial score (nSPS) is 11.4. The van der Waals surface area contributed by atoms with Crippen molar-refractivity contribution in [1.29, 1.82) is 0 Å². The lowest BCUT2D eigenvalue weighted by Gasteiger charge is -2.26. The summed E-state index contributed by atoms with van der Waals surface area (Å²) in [5.41, 5.74) is 6.84. The Morgan fingerprint density at radius 3 is 1.41 bits per heavy atom. The monoisotopic (exact) mass is 372 g/mol. The molecule has 0 heteroatoms. The first-order valence-corrected chi connectivity index (χ1v) is 10.3. The van der Waals surface area contributed by atoms with Crippen molar-refractivity contribution in [2.24, 2.45) is 0 Å². The van der Waals surface area contributed by atoms with Crippen LogP contribution in [0.1, 0.15) is 33.7 Å². The van der Waals surface area contributed by atoms with Gasteiger partial charge in [-0.25, -0.2) is 0 Å². The number of hydrogen-bond acceptors (Lipinski definition) is 0. The molecule has 5 aromatic rings. The predicted octanol–water partition coefficient (Wildman–Crippen LogP) is 7.79. The standard InChI is InChI=1S/C29H24/c1-20-16-18-22-10-6-8-14-25(22)27(20)29(24-12-4-3-5-13-24)28-21(2)17-19-23-11-7-9-15-26(23)28/h3-19,29H,1-2H3. The Morgan fingerprint density at radius 1 is 0.448 bits per heavy atom. The number of fused-ring (bicyclic) bond motifs is 2. The summed E-state index contributed by atoms with van der Waals surface area (Å²) >= 11 is 0. The van der Waals surface area contributed by atoms with Crippen LogP contribution in [0, 0.1) is 13.8 Å². The molecule has 0 atom stereocenters. The molecule has 0 nitrogen and oxygen atoms in total. The van der Waals surface area contributed by atoms with E-state index >= 15 is 0 Å². The molecule has 0 bridgehead atoms. The fourth-order valence-corrected chi connectivity index (χ4v) is 4.70. The van der Waals surface area contributed by atoms with Gasteiger partial charge in [0.15, 0.2) is 0 Å². The van der Waals surface area contributed by atoms with Crippen LogP contribution in [0.4, 0.5) is 0 Å². The zero-order valence-corrected chi connectivity index (χ0v) is 16.9. The van der Waals surface area contributed by atoms with E-state index in [1.165, 1.54) is 49.4 Å². The SMILES string of the molecule is Cc1ccc2ccccc2c1C(c1ccccc1)c1c(C)ccc2ccccc12. The zero-order valence-electron chi connectivity index (χ0n) is 16.9. The fraction of sp³-hybridized carbons (Fsp3) is 0.103. The highest BCUT2D eigenvalue weighted by Gasteiger charge is 2.24. The quantitative estimate of drug-likeness (QED) is 0.284. The average molecular weight is 373 g/mol. The third-order valence-electron chi connectivity index (χ3n) is 6.09. The van der Waals surface area contributed by atoms with Crippen molar-refractivity contribution in [2.75, 3.05) is 0 Å². The van der Waals surface area contributed by atoms with Crippen LogP contribution in [-0.2, 0) is 0 Å². The van der Waals surface area contributed by atoms with Crippen molar-refractivity contribution in [2.45, 2.75) is 19.8 Å². The minimum Gasteiger partial charge on any atom is -0.0622 e. The fourth-order valence-electron chi connectivity index (χ4n) is 4.70. The van der Waals surface area contributed by atoms with Crippen LogP contribution in [-0.4, -0.2) is 0 Å². The first-order chi connectivity index (χ1) is 14.2. The van der Waals surface area contributed by atoms with Crippen LogP contribution in [0.3, 0.4) is 0 Å². The number of benzene rings is 5. The molecule has 29 heavy (non-hydrogen) atoms. The van der Waals surface area contributed by atoms with E-state index in [9.17, 15) is 0 Å². The molecule has 0 amide bonds. The van der Waals surface area contributed by atoms with E-state index in [2.05, 4.69) is 117 Å². The molecule has 0 radical (unpaired) electrons. The lowest BCUT2D eigenvalue weighted by atomic mass is 9.77. The minimum atomic E-state index is 0.188. The Morgan fingerprint density at radius 2 is 0.897 bits per heavy atom. The number of rotatable bonds is 3. The van der Waals surface area contributed by atoms with Crippen molar-refractivity contribution >= 4 is 21.5 Å². The molecule has 0 heterocycles. The second kappa shape index (κ2) is 7.22. The highest BCUT2D eigenvalue weighted by molar-refractivity contribution is 5.92. The van der Waals surface area contributed by atoms with Crippen LogP contribution in [0.5, 0.6) is 0 Å².